The highest BCUT2D eigenvalue weighted by Crippen LogP contribution is 2.32. The third kappa shape index (κ3) is 4.58. The van der Waals surface area contributed by atoms with Crippen LogP contribution >= 0.6 is 0 Å². The van der Waals surface area contributed by atoms with Crippen molar-refractivity contribution in [3.8, 4) is 0 Å². The molecule has 0 radical (unpaired) electrons. The van der Waals surface area contributed by atoms with E-state index in [0.29, 0.717) is 29.6 Å². The standard InChI is InChI=1S/C19H25FN6O3S/c1-21-17-10-16(22-18(23-17)12-25(4)30(28,29)24(2)3)13-9-19(27)26(11-13)15-7-5-14(20)6-8-15/h5-8,10,13H,9,11-12H2,1-4H3,(H,21,22,23)/t13-/m1/s1. The van der Waals surface area contributed by atoms with E-state index < -0.39 is 10.2 Å². The normalized spacial score (nSPS) is 17.2. The minimum absolute atomic E-state index is 0.00856. The van der Waals surface area contributed by atoms with Gasteiger partial charge in [-0.05, 0) is 24.3 Å². The van der Waals surface area contributed by atoms with Crippen LogP contribution in [0.4, 0.5) is 15.9 Å². The average Bonchev–Trinajstić information content (AvgIpc) is 3.09. The lowest BCUT2D eigenvalue weighted by atomic mass is 10.0. The lowest BCUT2D eigenvalue weighted by Crippen LogP contribution is -2.37. The lowest BCUT2D eigenvalue weighted by molar-refractivity contribution is -0.117. The zero-order valence-electron chi connectivity index (χ0n) is 17.3. The van der Waals surface area contributed by atoms with Crippen molar-refractivity contribution in [2.24, 2.45) is 0 Å². The van der Waals surface area contributed by atoms with Crippen molar-refractivity contribution in [1.82, 2.24) is 18.6 Å². The van der Waals surface area contributed by atoms with Crippen LogP contribution in [0.3, 0.4) is 0 Å². The molecular formula is C19H25FN6O3S. The van der Waals surface area contributed by atoms with E-state index in [9.17, 15) is 17.6 Å². The smallest absolute Gasteiger partial charge is 0.281 e. The van der Waals surface area contributed by atoms with E-state index in [4.69, 9.17) is 0 Å². The molecule has 2 heterocycles. The van der Waals surface area contributed by atoms with Crippen LogP contribution in [0.2, 0.25) is 0 Å². The minimum atomic E-state index is -3.61. The number of hydrogen-bond donors (Lipinski definition) is 1. The van der Waals surface area contributed by atoms with Gasteiger partial charge in [0.15, 0.2) is 0 Å². The third-order valence-corrected chi connectivity index (χ3v) is 6.79. The highest BCUT2D eigenvalue weighted by atomic mass is 32.2. The molecule has 0 unspecified atom stereocenters. The maximum absolute atomic E-state index is 13.2. The molecule has 1 fully saturated rings. The van der Waals surface area contributed by atoms with Crippen molar-refractivity contribution in [2.75, 3.05) is 45.0 Å². The summed E-state index contributed by atoms with van der Waals surface area (Å²) < 4.78 is 40.1. The quantitative estimate of drug-likeness (QED) is 0.705. The number of rotatable bonds is 7. The Hall–Kier alpha value is -2.63. The van der Waals surface area contributed by atoms with E-state index in [1.165, 1.54) is 33.3 Å². The Balaban J connectivity index is 1.85. The summed E-state index contributed by atoms with van der Waals surface area (Å²) in [5.74, 6) is 0.242. The summed E-state index contributed by atoms with van der Waals surface area (Å²) in [7, 11) is 2.47. The second-order valence-corrected chi connectivity index (χ2v) is 9.52. The zero-order valence-corrected chi connectivity index (χ0v) is 18.1. The number of amides is 1. The van der Waals surface area contributed by atoms with Crippen molar-refractivity contribution in [3.63, 3.8) is 0 Å². The molecule has 1 saturated heterocycles. The van der Waals surface area contributed by atoms with Gasteiger partial charge in [0.05, 0.1) is 12.2 Å². The number of hydrogen-bond acceptors (Lipinski definition) is 6. The Morgan fingerprint density at radius 2 is 1.87 bits per heavy atom. The molecule has 9 nitrogen and oxygen atoms in total. The summed E-state index contributed by atoms with van der Waals surface area (Å²) in [5, 5.41) is 2.96. The van der Waals surface area contributed by atoms with E-state index in [1.807, 2.05) is 0 Å². The van der Waals surface area contributed by atoms with E-state index in [0.717, 1.165) is 8.61 Å². The van der Waals surface area contributed by atoms with Gasteiger partial charge in [0, 0.05) is 58.8 Å². The molecule has 1 aliphatic heterocycles. The third-order valence-electron chi connectivity index (χ3n) is 4.95. The molecule has 30 heavy (non-hydrogen) atoms. The summed E-state index contributed by atoms with van der Waals surface area (Å²) >= 11 is 0. The summed E-state index contributed by atoms with van der Waals surface area (Å²) in [6, 6.07) is 7.54. The molecule has 1 N–H and O–H groups in total. The number of carbonyl (C=O) groups excluding carboxylic acids is 1. The van der Waals surface area contributed by atoms with Crippen LogP contribution in [0.5, 0.6) is 0 Å². The van der Waals surface area contributed by atoms with Gasteiger partial charge < -0.3 is 10.2 Å². The number of nitrogens with one attached hydrogen (secondary N) is 1. The van der Waals surface area contributed by atoms with Crippen LogP contribution in [0.1, 0.15) is 23.9 Å². The first kappa shape index (κ1) is 22.1. The molecule has 1 atom stereocenters. The molecule has 1 aromatic carbocycles. The predicted octanol–water partition coefficient (Wildman–Crippen LogP) is 1.42. The SMILES string of the molecule is CNc1cc([C@@H]2CC(=O)N(c3ccc(F)cc3)C2)nc(CN(C)S(=O)(=O)N(C)C)n1. The highest BCUT2D eigenvalue weighted by Gasteiger charge is 2.33. The lowest BCUT2D eigenvalue weighted by Gasteiger charge is -2.21. The van der Waals surface area contributed by atoms with Gasteiger partial charge in [0.2, 0.25) is 5.91 Å². The van der Waals surface area contributed by atoms with Crippen LogP contribution in [0.15, 0.2) is 30.3 Å². The topological polar surface area (TPSA) is 98.7 Å². The minimum Gasteiger partial charge on any atom is -0.373 e. The summed E-state index contributed by atoms with van der Waals surface area (Å²) in [4.78, 5) is 23.0. The second-order valence-electron chi connectivity index (χ2n) is 7.27. The number of anilines is 2. The van der Waals surface area contributed by atoms with Gasteiger partial charge in [-0.25, -0.2) is 14.4 Å². The van der Waals surface area contributed by atoms with Crippen LogP contribution in [-0.2, 0) is 21.5 Å². The molecule has 3 rings (SSSR count). The number of benzene rings is 1. The molecule has 1 aliphatic rings. The molecule has 1 aromatic heterocycles. The van der Waals surface area contributed by atoms with Gasteiger partial charge >= 0.3 is 0 Å². The molecule has 0 aliphatic carbocycles. The van der Waals surface area contributed by atoms with E-state index in [-0.39, 0.29) is 30.6 Å². The first-order valence-electron chi connectivity index (χ1n) is 9.37. The molecule has 0 saturated carbocycles. The van der Waals surface area contributed by atoms with Crippen LogP contribution < -0.4 is 10.2 Å². The van der Waals surface area contributed by atoms with E-state index >= 15 is 0 Å². The number of aromatic nitrogens is 2. The average molecular weight is 437 g/mol. The largest absolute Gasteiger partial charge is 0.373 e. The molecule has 11 heteroatoms. The van der Waals surface area contributed by atoms with Crippen molar-refractivity contribution in [2.45, 2.75) is 18.9 Å². The van der Waals surface area contributed by atoms with Crippen molar-refractivity contribution >= 4 is 27.6 Å². The fourth-order valence-corrected chi connectivity index (χ4v) is 4.10. The second kappa shape index (κ2) is 8.62. The van der Waals surface area contributed by atoms with Gasteiger partial charge in [-0.3, -0.25) is 4.79 Å². The molecule has 1 amide bonds. The van der Waals surface area contributed by atoms with Crippen molar-refractivity contribution in [1.29, 1.82) is 0 Å². The van der Waals surface area contributed by atoms with Gasteiger partial charge in [0.1, 0.15) is 17.5 Å². The fourth-order valence-electron chi connectivity index (χ4n) is 3.26. The van der Waals surface area contributed by atoms with E-state index in [1.54, 1.807) is 30.1 Å². The highest BCUT2D eigenvalue weighted by molar-refractivity contribution is 7.86. The number of carbonyl (C=O) groups is 1. The first-order chi connectivity index (χ1) is 14.1. The Morgan fingerprint density at radius 1 is 1.20 bits per heavy atom. The molecule has 2 aromatic rings. The van der Waals surface area contributed by atoms with Crippen LogP contribution in [-0.4, -0.2) is 67.6 Å². The monoisotopic (exact) mass is 436 g/mol. The Labute approximate surface area is 175 Å². The Kier molecular flexibility index (Phi) is 6.34. The van der Waals surface area contributed by atoms with Crippen molar-refractivity contribution < 1.29 is 17.6 Å². The van der Waals surface area contributed by atoms with Gasteiger partial charge in [-0.15, -0.1) is 0 Å². The summed E-state index contributed by atoms with van der Waals surface area (Å²) in [6.07, 6.45) is 0.253. The Morgan fingerprint density at radius 3 is 2.47 bits per heavy atom. The maximum Gasteiger partial charge on any atom is 0.281 e. The van der Waals surface area contributed by atoms with Crippen LogP contribution in [0.25, 0.3) is 0 Å². The van der Waals surface area contributed by atoms with E-state index in [2.05, 4.69) is 15.3 Å². The molecule has 0 spiro atoms. The fraction of sp³-hybridized carbons (Fsp3) is 0.421. The predicted molar refractivity (Wildman–Crippen MR) is 112 cm³/mol. The van der Waals surface area contributed by atoms with Crippen LogP contribution in [0, 0.1) is 5.82 Å². The molecule has 162 valence electrons. The maximum atomic E-state index is 13.2. The summed E-state index contributed by atoms with van der Waals surface area (Å²) in [6.45, 7) is 0.390. The number of halogens is 1. The van der Waals surface area contributed by atoms with Gasteiger partial charge in [-0.1, -0.05) is 0 Å². The van der Waals surface area contributed by atoms with Crippen molar-refractivity contribution in [3.05, 3.63) is 47.7 Å². The zero-order chi connectivity index (χ0) is 22.1. The van der Waals surface area contributed by atoms with Gasteiger partial charge in [-0.2, -0.15) is 17.0 Å². The summed E-state index contributed by atoms with van der Waals surface area (Å²) in [5.41, 5.74) is 1.28. The molecule has 0 bridgehead atoms. The Bertz CT molecular complexity index is 1030. The first-order valence-corrected chi connectivity index (χ1v) is 10.8. The van der Waals surface area contributed by atoms with Gasteiger partial charge in [0.25, 0.3) is 10.2 Å². The molecular weight excluding hydrogens is 411 g/mol. The number of nitrogens with zero attached hydrogens (tertiary/aromatic N) is 5.